The molecule has 0 spiro atoms. The smallest absolute Gasteiger partial charge is 0.341 e. The summed E-state index contributed by atoms with van der Waals surface area (Å²) in [5, 5.41) is 13.8. The SMILES string of the molecule is Nc1ccc([N+](=O)[O-])cc1C(=O)OCC(=O)Nc1cc(Cl)cc(Cl)c1. The Morgan fingerprint density at radius 3 is 2.40 bits per heavy atom. The summed E-state index contributed by atoms with van der Waals surface area (Å²) in [4.78, 5) is 33.8. The molecule has 0 heterocycles. The Labute approximate surface area is 151 Å². The van der Waals surface area contributed by atoms with Gasteiger partial charge in [0.1, 0.15) is 0 Å². The number of anilines is 2. The number of nitrogen functional groups attached to an aromatic ring is 1. The van der Waals surface area contributed by atoms with Gasteiger partial charge in [0.2, 0.25) is 0 Å². The third-order valence-electron chi connectivity index (χ3n) is 2.95. The number of hydrogen-bond donors (Lipinski definition) is 2. The molecule has 0 fully saturated rings. The molecule has 0 aliphatic carbocycles. The van der Waals surface area contributed by atoms with Gasteiger partial charge in [0.05, 0.1) is 10.5 Å². The molecule has 2 rings (SSSR count). The Bertz CT molecular complexity index is 837. The lowest BCUT2D eigenvalue weighted by Gasteiger charge is -2.08. The number of esters is 1. The molecule has 10 heteroatoms. The van der Waals surface area contributed by atoms with Gasteiger partial charge in [-0.3, -0.25) is 14.9 Å². The van der Waals surface area contributed by atoms with Gasteiger partial charge in [0.15, 0.2) is 6.61 Å². The molecule has 3 N–H and O–H groups in total. The average molecular weight is 384 g/mol. The van der Waals surface area contributed by atoms with Crippen LogP contribution in [0.5, 0.6) is 0 Å². The molecule has 0 aromatic heterocycles. The highest BCUT2D eigenvalue weighted by molar-refractivity contribution is 6.35. The summed E-state index contributed by atoms with van der Waals surface area (Å²) < 4.78 is 4.82. The third-order valence-corrected chi connectivity index (χ3v) is 3.38. The van der Waals surface area contributed by atoms with E-state index in [0.717, 1.165) is 12.1 Å². The van der Waals surface area contributed by atoms with E-state index >= 15 is 0 Å². The number of nitrogens with zero attached hydrogens (tertiary/aromatic N) is 1. The molecule has 2 aromatic rings. The lowest BCUT2D eigenvalue weighted by atomic mass is 10.1. The van der Waals surface area contributed by atoms with Crippen LogP contribution < -0.4 is 11.1 Å². The summed E-state index contributed by atoms with van der Waals surface area (Å²) in [6.07, 6.45) is 0. The Morgan fingerprint density at radius 1 is 1.16 bits per heavy atom. The second-order valence-corrected chi connectivity index (χ2v) is 5.68. The summed E-state index contributed by atoms with van der Waals surface area (Å²) in [5.74, 6) is -1.60. The minimum absolute atomic E-state index is 0.00219. The summed E-state index contributed by atoms with van der Waals surface area (Å²) in [7, 11) is 0. The van der Waals surface area contributed by atoms with Crippen LogP contribution in [0.3, 0.4) is 0 Å². The van der Waals surface area contributed by atoms with Crippen LogP contribution in [0, 0.1) is 10.1 Å². The van der Waals surface area contributed by atoms with Crippen molar-refractivity contribution in [3.05, 3.63) is 62.1 Å². The van der Waals surface area contributed by atoms with Gasteiger partial charge in [0, 0.05) is 33.6 Å². The van der Waals surface area contributed by atoms with Crippen molar-refractivity contribution in [2.24, 2.45) is 0 Å². The van der Waals surface area contributed by atoms with E-state index in [0.29, 0.717) is 15.7 Å². The molecule has 0 saturated carbocycles. The topological polar surface area (TPSA) is 125 Å². The van der Waals surface area contributed by atoms with Crippen LogP contribution in [-0.4, -0.2) is 23.4 Å². The number of amides is 1. The van der Waals surface area contributed by atoms with E-state index in [1.807, 2.05) is 0 Å². The maximum Gasteiger partial charge on any atom is 0.341 e. The Morgan fingerprint density at radius 2 is 1.80 bits per heavy atom. The van der Waals surface area contributed by atoms with Gasteiger partial charge >= 0.3 is 5.97 Å². The Balaban J connectivity index is 2.01. The zero-order chi connectivity index (χ0) is 18.6. The highest BCUT2D eigenvalue weighted by Gasteiger charge is 2.17. The lowest BCUT2D eigenvalue weighted by Crippen LogP contribution is -2.21. The minimum atomic E-state index is -0.958. The third kappa shape index (κ3) is 5.07. The quantitative estimate of drug-likeness (QED) is 0.353. The first-order valence-electron chi connectivity index (χ1n) is 6.73. The first kappa shape index (κ1) is 18.5. The van der Waals surface area contributed by atoms with Crippen molar-refractivity contribution in [3.63, 3.8) is 0 Å². The van der Waals surface area contributed by atoms with Crippen LogP contribution in [-0.2, 0) is 9.53 Å². The summed E-state index contributed by atoms with van der Waals surface area (Å²) in [6.45, 7) is -0.620. The van der Waals surface area contributed by atoms with E-state index < -0.39 is 23.4 Å². The van der Waals surface area contributed by atoms with Crippen LogP contribution >= 0.6 is 23.2 Å². The molecule has 0 aliphatic heterocycles. The van der Waals surface area contributed by atoms with Crippen LogP contribution in [0.25, 0.3) is 0 Å². The molecule has 0 atom stereocenters. The Hall–Kier alpha value is -2.84. The number of carbonyl (C=O) groups excluding carboxylic acids is 2. The largest absolute Gasteiger partial charge is 0.452 e. The number of rotatable bonds is 5. The zero-order valence-electron chi connectivity index (χ0n) is 12.5. The number of hydrogen-bond acceptors (Lipinski definition) is 6. The number of nitro benzene ring substituents is 1. The number of benzene rings is 2. The van der Waals surface area contributed by atoms with Gasteiger partial charge in [-0.15, -0.1) is 0 Å². The normalized spacial score (nSPS) is 10.2. The number of carbonyl (C=O) groups is 2. The van der Waals surface area contributed by atoms with Crippen molar-refractivity contribution in [1.82, 2.24) is 0 Å². The predicted molar refractivity (Wildman–Crippen MR) is 92.9 cm³/mol. The summed E-state index contributed by atoms with van der Waals surface area (Å²) in [5.41, 5.74) is 5.40. The summed E-state index contributed by atoms with van der Waals surface area (Å²) >= 11 is 11.6. The number of non-ortho nitro benzene ring substituents is 1. The molecule has 0 aliphatic rings. The fourth-order valence-electron chi connectivity index (χ4n) is 1.87. The fraction of sp³-hybridized carbons (Fsp3) is 0.0667. The minimum Gasteiger partial charge on any atom is -0.452 e. The van der Waals surface area contributed by atoms with E-state index in [2.05, 4.69) is 5.32 Å². The van der Waals surface area contributed by atoms with Crippen molar-refractivity contribution in [3.8, 4) is 0 Å². The van der Waals surface area contributed by atoms with Gasteiger partial charge in [-0.05, 0) is 24.3 Å². The molecule has 0 radical (unpaired) electrons. The molecule has 0 bridgehead atoms. The van der Waals surface area contributed by atoms with Crippen LogP contribution in [0.15, 0.2) is 36.4 Å². The average Bonchev–Trinajstić information content (AvgIpc) is 2.51. The predicted octanol–water partition coefficient (Wildman–Crippen LogP) is 3.28. The van der Waals surface area contributed by atoms with E-state index in [1.165, 1.54) is 24.3 Å². The number of ether oxygens (including phenoxy) is 1. The van der Waals surface area contributed by atoms with Gasteiger partial charge in [-0.2, -0.15) is 0 Å². The Kier molecular flexibility index (Phi) is 5.79. The van der Waals surface area contributed by atoms with Crippen molar-refractivity contribution < 1.29 is 19.2 Å². The number of halogens is 2. The highest BCUT2D eigenvalue weighted by Crippen LogP contribution is 2.23. The lowest BCUT2D eigenvalue weighted by molar-refractivity contribution is -0.384. The van der Waals surface area contributed by atoms with Crippen molar-refractivity contribution in [2.45, 2.75) is 0 Å². The maximum absolute atomic E-state index is 12.0. The van der Waals surface area contributed by atoms with E-state index in [-0.39, 0.29) is 16.9 Å². The van der Waals surface area contributed by atoms with Gasteiger partial charge in [-0.25, -0.2) is 4.79 Å². The molecule has 0 unspecified atom stereocenters. The molecule has 2 aromatic carbocycles. The molecular weight excluding hydrogens is 373 g/mol. The molecule has 8 nitrogen and oxygen atoms in total. The number of nitrogens with two attached hydrogens (primary N) is 1. The standard InChI is InChI=1S/C15H11Cl2N3O5/c16-8-3-9(17)5-10(4-8)19-14(21)7-25-15(22)12-6-11(20(23)24)1-2-13(12)18/h1-6H,7,18H2,(H,19,21). The number of nitrogens with one attached hydrogen (secondary N) is 1. The summed E-state index contributed by atoms with van der Waals surface area (Å²) in [6, 6.07) is 7.76. The molecule has 1 amide bonds. The van der Waals surface area contributed by atoms with Crippen molar-refractivity contribution in [2.75, 3.05) is 17.7 Å². The van der Waals surface area contributed by atoms with E-state index in [1.54, 1.807) is 0 Å². The van der Waals surface area contributed by atoms with E-state index in [4.69, 9.17) is 33.7 Å². The molecule has 0 saturated heterocycles. The van der Waals surface area contributed by atoms with Crippen LogP contribution in [0.2, 0.25) is 10.0 Å². The highest BCUT2D eigenvalue weighted by atomic mass is 35.5. The first-order chi connectivity index (χ1) is 11.8. The zero-order valence-corrected chi connectivity index (χ0v) is 14.0. The van der Waals surface area contributed by atoms with Crippen LogP contribution in [0.4, 0.5) is 17.1 Å². The molecular formula is C15H11Cl2N3O5. The van der Waals surface area contributed by atoms with Gasteiger partial charge < -0.3 is 15.8 Å². The second-order valence-electron chi connectivity index (χ2n) is 4.81. The second kappa shape index (κ2) is 7.82. The first-order valence-corrected chi connectivity index (χ1v) is 7.49. The van der Waals surface area contributed by atoms with Crippen LogP contribution in [0.1, 0.15) is 10.4 Å². The molecule has 25 heavy (non-hydrogen) atoms. The van der Waals surface area contributed by atoms with Gasteiger partial charge in [0.25, 0.3) is 11.6 Å². The number of nitro groups is 1. The van der Waals surface area contributed by atoms with Crippen molar-refractivity contribution in [1.29, 1.82) is 0 Å². The molecule has 130 valence electrons. The van der Waals surface area contributed by atoms with Gasteiger partial charge in [-0.1, -0.05) is 23.2 Å². The maximum atomic E-state index is 12.0. The van der Waals surface area contributed by atoms with Crippen molar-refractivity contribution >= 4 is 52.1 Å². The van der Waals surface area contributed by atoms with E-state index in [9.17, 15) is 19.7 Å². The monoisotopic (exact) mass is 383 g/mol. The fourth-order valence-corrected chi connectivity index (χ4v) is 2.39.